The molecule has 0 amide bonds. The summed E-state index contributed by atoms with van der Waals surface area (Å²) in [5.74, 6) is 0. The molecule has 0 saturated carbocycles. The minimum absolute atomic E-state index is 1.08. The molecule has 0 aliphatic rings. The van der Waals surface area contributed by atoms with Crippen LogP contribution in [-0.2, 0) is 0 Å². The smallest absolute Gasteiger partial charge is 0.104 e. The topological polar surface area (TPSA) is 17.8 Å². The molecular formula is C12H10N2S. The van der Waals surface area contributed by atoms with Crippen molar-refractivity contribution < 1.29 is 0 Å². The molecule has 2 nitrogen and oxygen atoms in total. The first kappa shape index (κ1) is 8.68. The molecule has 1 aromatic carbocycles. The number of hydrogen-bond donors (Lipinski definition) is 0. The minimum Gasteiger partial charge on any atom is -0.236 e. The summed E-state index contributed by atoms with van der Waals surface area (Å²) >= 11 is 1.75. The Morgan fingerprint density at radius 1 is 1.13 bits per heavy atom. The lowest BCUT2D eigenvalue weighted by atomic mass is 10.3. The molecule has 0 fully saturated rings. The van der Waals surface area contributed by atoms with Crippen LogP contribution in [-0.4, -0.2) is 9.78 Å². The van der Waals surface area contributed by atoms with E-state index in [0.717, 1.165) is 11.2 Å². The van der Waals surface area contributed by atoms with Crippen molar-refractivity contribution in [1.82, 2.24) is 9.78 Å². The van der Waals surface area contributed by atoms with Crippen molar-refractivity contribution in [1.29, 1.82) is 0 Å². The molecule has 0 aliphatic heterocycles. The Morgan fingerprint density at radius 3 is 2.67 bits per heavy atom. The fourth-order valence-corrected chi connectivity index (χ4v) is 2.57. The molecule has 0 radical (unpaired) electrons. The molecule has 0 bridgehead atoms. The van der Waals surface area contributed by atoms with E-state index in [0.29, 0.717) is 0 Å². The summed E-state index contributed by atoms with van der Waals surface area (Å²) < 4.78 is 3.28. The lowest BCUT2D eigenvalue weighted by Gasteiger charge is -2.02. The van der Waals surface area contributed by atoms with Gasteiger partial charge in [0, 0.05) is 0 Å². The van der Waals surface area contributed by atoms with Crippen LogP contribution in [0.25, 0.3) is 15.9 Å². The van der Waals surface area contributed by atoms with Gasteiger partial charge in [-0.2, -0.15) is 5.10 Å². The van der Waals surface area contributed by atoms with Crippen LogP contribution in [0.3, 0.4) is 0 Å². The van der Waals surface area contributed by atoms with E-state index in [1.165, 1.54) is 10.4 Å². The molecule has 2 aromatic heterocycles. The summed E-state index contributed by atoms with van der Waals surface area (Å²) in [6.45, 7) is 2.11. The van der Waals surface area contributed by atoms with Crippen LogP contribution in [0, 0.1) is 6.92 Å². The molecular weight excluding hydrogens is 204 g/mol. The SMILES string of the molecule is Cc1c2sccc2nn1-c1ccccc1. The predicted octanol–water partition coefficient (Wildman–Crippen LogP) is 3.40. The first-order chi connectivity index (χ1) is 7.36. The van der Waals surface area contributed by atoms with Crippen LogP contribution < -0.4 is 0 Å². The number of para-hydroxylation sites is 1. The number of fused-ring (bicyclic) bond motifs is 1. The average molecular weight is 214 g/mol. The number of aromatic nitrogens is 2. The Balaban J connectivity index is 2.27. The molecule has 3 rings (SSSR count). The molecule has 0 saturated heterocycles. The molecule has 3 heteroatoms. The molecule has 0 aliphatic carbocycles. The fourth-order valence-electron chi connectivity index (χ4n) is 1.75. The highest BCUT2D eigenvalue weighted by molar-refractivity contribution is 7.17. The quantitative estimate of drug-likeness (QED) is 0.607. The zero-order chi connectivity index (χ0) is 10.3. The normalized spacial score (nSPS) is 11.0. The number of thiophene rings is 1. The Labute approximate surface area is 91.8 Å². The molecule has 15 heavy (non-hydrogen) atoms. The van der Waals surface area contributed by atoms with Gasteiger partial charge in [0.05, 0.1) is 16.1 Å². The highest BCUT2D eigenvalue weighted by atomic mass is 32.1. The monoisotopic (exact) mass is 214 g/mol. The van der Waals surface area contributed by atoms with Crippen LogP contribution in [0.2, 0.25) is 0 Å². The summed E-state index contributed by atoms with van der Waals surface area (Å²) in [6.07, 6.45) is 0. The van der Waals surface area contributed by atoms with Gasteiger partial charge in [0.15, 0.2) is 0 Å². The van der Waals surface area contributed by atoms with E-state index in [4.69, 9.17) is 0 Å². The molecule has 0 unspecified atom stereocenters. The second-order valence-electron chi connectivity index (χ2n) is 3.47. The number of aryl methyl sites for hydroxylation is 1. The average Bonchev–Trinajstić information content (AvgIpc) is 2.83. The second kappa shape index (κ2) is 3.21. The van der Waals surface area contributed by atoms with Crippen LogP contribution in [0.5, 0.6) is 0 Å². The van der Waals surface area contributed by atoms with Gasteiger partial charge in [-0.1, -0.05) is 18.2 Å². The third-order valence-corrected chi connectivity index (χ3v) is 3.51. The van der Waals surface area contributed by atoms with Gasteiger partial charge in [0.2, 0.25) is 0 Å². The first-order valence-corrected chi connectivity index (χ1v) is 5.72. The lowest BCUT2D eigenvalue weighted by molar-refractivity contribution is 0.861. The van der Waals surface area contributed by atoms with Gasteiger partial charge in [-0.3, -0.25) is 0 Å². The maximum Gasteiger partial charge on any atom is 0.104 e. The summed E-state index contributed by atoms with van der Waals surface area (Å²) in [5, 5.41) is 6.65. The van der Waals surface area contributed by atoms with Gasteiger partial charge in [-0.05, 0) is 30.5 Å². The molecule has 0 N–H and O–H groups in total. The third kappa shape index (κ3) is 1.27. The Hall–Kier alpha value is -1.61. The molecule has 0 atom stereocenters. The van der Waals surface area contributed by atoms with Gasteiger partial charge in [0.25, 0.3) is 0 Å². The van der Waals surface area contributed by atoms with E-state index in [9.17, 15) is 0 Å². The van der Waals surface area contributed by atoms with Crippen molar-refractivity contribution in [3.8, 4) is 5.69 Å². The van der Waals surface area contributed by atoms with E-state index in [1.54, 1.807) is 11.3 Å². The zero-order valence-corrected chi connectivity index (χ0v) is 9.16. The molecule has 0 spiro atoms. The van der Waals surface area contributed by atoms with Crippen molar-refractivity contribution in [2.75, 3.05) is 0 Å². The van der Waals surface area contributed by atoms with Crippen LogP contribution in [0.4, 0.5) is 0 Å². The molecule has 2 heterocycles. The van der Waals surface area contributed by atoms with E-state index in [1.807, 2.05) is 22.9 Å². The summed E-state index contributed by atoms with van der Waals surface area (Å²) in [4.78, 5) is 0. The summed E-state index contributed by atoms with van der Waals surface area (Å²) in [5.41, 5.74) is 3.42. The third-order valence-electron chi connectivity index (χ3n) is 2.50. The van der Waals surface area contributed by atoms with Crippen LogP contribution in [0.15, 0.2) is 41.8 Å². The maximum absolute atomic E-state index is 4.57. The van der Waals surface area contributed by atoms with Gasteiger partial charge in [-0.25, -0.2) is 4.68 Å². The van der Waals surface area contributed by atoms with Crippen LogP contribution >= 0.6 is 11.3 Å². The van der Waals surface area contributed by atoms with Crippen molar-refractivity contribution in [2.45, 2.75) is 6.92 Å². The van der Waals surface area contributed by atoms with E-state index in [-0.39, 0.29) is 0 Å². The number of nitrogens with zero attached hydrogens (tertiary/aromatic N) is 2. The minimum atomic E-state index is 1.08. The maximum atomic E-state index is 4.57. The fraction of sp³-hybridized carbons (Fsp3) is 0.0833. The first-order valence-electron chi connectivity index (χ1n) is 4.84. The Morgan fingerprint density at radius 2 is 1.93 bits per heavy atom. The Kier molecular flexibility index (Phi) is 1.86. The largest absolute Gasteiger partial charge is 0.236 e. The molecule has 3 aromatic rings. The van der Waals surface area contributed by atoms with Crippen molar-refractivity contribution in [2.24, 2.45) is 0 Å². The highest BCUT2D eigenvalue weighted by Gasteiger charge is 2.08. The zero-order valence-electron chi connectivity index (χ0n) is 8.34. The van der Waals surface area contributed by atoms with Crippen molar-refractivity contribution in [3.63, 3.8) is 0 Å². The van der Waals surface area contributed by atoms with Gasteiger partial charge in [-0.15, -0.1) is 11.3 Å². The standard InChI is InChI=1S/C12H10N2S/c1-9-12-11(7-8-15-12)13-14(9)10-5-3-2-4-6-10/h2-8H,1H3. The number of hydrogen-bond acceptors (Lipinski definition) is 2. The highest BCUT2D eigenvalue weighted by Crippen LogP contribution is 2.25. The van der Waals surface area contributed by atoms with Crippen molar-refractivity contribution in [3.05, 3.63) is 47.5 Å². The summed E-state index contributed by atoms with van der Waals surface area (Å²) in [6, 6.07) is 12.3. The van der Waals surface area contributed by atoms with Gasteiger partial charge in [0.1, 0.15) is 5.52 Å². The summed E-state index contributed by atoms with van der Waals surface area (Å²) in [7, 11) is 0. The van der Waals surface area contributed by atoms with Gasteiger partial charge >= 0.3 is 0 Å². The van der Waals surface area contributed by atoms with E-state index >= 15 is 0 Å². The lowest BCUT2D eigenvalue weighted by Crippen LogP contribution is -1.97. The van der Waals surface area contributed by atoms with Crippen LogP contribution in [0.1, 0.15) is 5.69 Å². The molecule has 74 valence electrons. The van der Waals surface area contributed by atoms with Gasteiger partial charge < -0.3 is 0 Å². The van der Waals surface area contributed by atoms with E-state index < -0.39 is 0 Å². The second-order valence-corrected chi connectivity index (χ2v) is 4.38. The van der Waals surface area contributed by atoms with Crippen molar-refractivity contribution >= 4 is 21.6 Å². The number of rotatable bonds is 1. The van der Waals surface area contributed by atoms with E-state index in [2.05, 4.69) is 35.6 Å². The Bertz CT molecular complexity index is 592. The predicted molar refractivity (Wildman–Crippen MR) is 63.7 cm³/mol. The number of benzene rings is 1.